The monoisotopic (exact) mass is 718 g/mol. The summed E-state index contributed by atoms with van der Waals surface area (Å²) in [6.45, 7) is 0.886. The molecule has 3 atom stereocenters. The molecule has 1 aliphatic heterocycles. The van der Waals surface area contributed by atoms with Crippen molar-refractivity contribution in [2.75, 3.05) is 32.1 Å². The van der Waals surface area contributed by atoms with E-state index in [1.165, 1.54) is 34.6 Å². The Bertz CT molecular complexity index is 1830. The van der Waals surface area contributed by atoms with Crippen LogP contribution in [0.25, 0.3) is 0 Å². The predicted molar refractivity (Wildman–Crippen MR) is 175 cm³/mol. The number of aliphatic hydroxyl groups is 1. The molecule has 9 nitrogen and oxygen atoms in total. The molecule has 1 saturated heterocycles. The second-order valence-corrected chi connectivity index (χ2v) is 13.6. The molecule has 4 aromatic rings. The summed E-state index contributed by atoms with van der Waals surface area (Å²) in [5, 5.41) is 18.6. The molecule has 1 amide bonds. The van der Waals surface area contributed by atoms with Crippen molar-refractivity contribution < 1.29 is 45.0 Å². The van der Waals surface area contributed by atoms with Gasteiger partial charge in [-0.15, -0.1) is 0 Å². The minimum atomic E-state index is -3.88. The van der Waals surface area contributed by atoms with Crippen LogP contribution in [-0.2, 0) is 26.0 Å². The number of nitrogens with one attached hydrogen (secondary N) is 3. The molecule has 1 heterocycles. The first-order valence-electron chi connectivity index (χ1n) is 15.6. The molecular weight excluding hydrogens is 683 g/mol. The number of halogens is 5. The minimum Gasteiger partial charge on any atom is -0.356 e. The maximum absolute atomic E-state index is 15.4. The van der Waals surface area contributed by atoms with Gasteiger partial charge in [0, 0.05) is 62.1 Å². The third-order valence-corrected chi connectivity index (χ3v) is 10.4. The average molecular weight is 719 g/mol. The van der Waals surface area contributed by atoms with Gasteiger partial charge in [-0.05, 0) is 72.5 Å². The van der Waals surface area contributed by atoms with Gasteiger partial charge in [0.2, 0.25) is 22.3 Å². The van der Waals surface area contributed by atoms with Crippen molar-refractivity contribution in [3.8, 4) is 0 Å². The molecule has 1 fully saturated rings. The van der Waals surface area contributed by atoms with Crippen LogP contribution in [-0.4, -0.2) is 69.0 Å². The minimum absolute atomic E-state index is 0.0236. The van der Waals surface area contributed by atoms with Gasteiger partial charge in [0.25, 0.3) is 0 Å². The van der Waals surface area contributed by atoms with Gasteiger partial charge in [0.05, 0.1) is 4.90 Å². The highest BCUT2D eigenvalue weighted by Crippen LogP contribution is 2.33. The molecule has 50 heavy (non-hydrogen) atoms. The van der Waals surface area contributed by atoms with Gasteiger partial charge in [-0.25, -0.2) is 30.4 Å². The van der Waals surface area contributed by atoms with Gasteiger partial charge >= 0.3 is 0 Å². The zero-order valence-electron chi connectivity index (χ0n) is 26.8. The molecule has 0 spiro atoms. The van der Waals surface area contributed by atoms with Gasteiger partial charge in [-0.2, -0.15) is 4.31 Å². The number of piperazine rings is 1. The Balaban J connectivity index is 1.47. The van der Waals surface area contributed by atoms with E-state index in [1.54, 1.807) is 18.2 Å². The molecule has 0 bridgehead atoms. The number of carbonyl (C=O) groups excluding carboxylic acids is 1. The number of benzene rings is 4. The normalized spacial score (nSPS) is 16.7. The number of anilines is 1. The maximum atomic E-state index is 15.4. The number of nitrogens with zero attached hydrogens (tertiary/aromatic N) is 1. The number of hydrogen-bond acceptors (Lipinski definition) is 7. The van der Waals surface area contributed by atoms with E-state index in [9.17, 15) is 35.9 Å². The highest BCUT2D eigenvalue weighted by Gasteiger charge is 2.36. The van der Waals surface area contributed by atoms with Crippen LogP contribution in [0.1, 0.15) is 29.0 Å². The fourth-order valence-electron chi connectivity index (χ4n) is 6.12. The van der Waals surface area contributed by atoms with Crippen LogP contribution in [0.2, 0.25) is 0 Å². The van der Waals surface area contributed by atoms with E-state index in [-0.39, 0.29) is 46.7 Å². The van der Waals surface area contributed by atoms with E-state index in [0.29, 0.717) is 25.2 Å². The highest BCUT2D eigenvalue weighted by atomic mass is 32.2. The summed E-state index contributed by atoms with van der Waals surface area (Å²) in [5.74, 6) is -7.37. The summed E-state index contributed by atoms with van der Waals surface area (Å²) >= 11 is 0. The lowest BCUT2D eigenvalue weighted by atomic mass is 9.84. The van der Waals surface area contributed by atoms with E-state index < -0.39 is 69.4 Å². The zero-order chi connectivity index (χ0) is 36.0. The van der Waals surface area contributed by atoms with Crippen LogP contribution >= 0.6 is 0 Å². The molecular formula is C35H35F5N4O5S. The summed E-state index contributed by atoms with van der Waals surface area (Å²) in [6, 6.07) is 14.2. The number of rotatable bonds is 13. The van der Waals surface area contributed by atoms with Gasteiger partial charge in [-0.3, -0.25) is 10.1 Å². The van der Waals surface area contributed by atoms with Crippen LogP contribution in [0, 0.1) is 29.1 Å². The average Bonchev–Trinajstić information content (AvgIpc) is 3.07. The van der Waals surface area contributed by atoms with E-state index in [0.717, 1.165) is 31.4 Å². The predicted octanol–water partition coefficient (Wildman–Crippen LogP) is 4.63. The van der Waals surface area contributed by atoms with Crippen molar-refractivity contribution in [3.63, 3.8) is 0 Å². The second-order valence-electron chi connectivity index (χ2n) is 11.7. The molecule has 266 valence electrons. The Hall–Kier alpha value is -4.25. The number of sulfonamides is 1. The Labute approximate surface area is 286 Å². The molecule has 1 unspecified atom stereocenters. The van der Waals surface area contributed by atoms with Crippen molar-refractivity contribution in [3.05, 3.63) is 131 Å². The number of hydrogen-bond donors (Lipinski definition) is 4. The lowest BCUT2D eigenvalue weighted by molar-refractivity contribution is -0.129. The van der Waals surface area contributed by atoms with Gasteiger partial charge < -0.3 is 20.5 Å². The second kappa shape index (κ2) is 16.2. The largest absolute Gasteiger partial charge is 0.356 e. The first kappa shape index (κ1) is 37.0. The zero-order valence-corrected chi connectivity index (χ0v) is 27.6. The number of carbonyl (C=O) groups is 1. The van der Waals surface area contributed by atoms with Crippen molar-refractivity contribution in [2.24, 2.45) is 0 Å². The van der Waals surface area contributed by atoms with Crippen LogP contribution in [0.5, 0.6) is 0 Å². The summed E-state index contributed by atoms with van der Waals surface area (Å²) < 4.78 is 107. The number of ether oxygens (including phenoxy) is 1. The molecule has 4 aromatic carbocycles. The molecule has 15 heteroatoms. The number of amides is 1. The molecule has 0 saturated carbocycles. The quantitative estimate of drug-likeness (QED) is 0.118. The summed E-state index contributed by atoms with van der Waals surface area (Å²) in [6.07, 6.45) is -1.71. The van der Waals surface area contributed by atoms with Crippen LogP contribution in [0.15, 0.2) is 89.8 Å². The fraction of sp³-hybridized carbons (Fsp3) is 0.286. The van der Waals surface area contributed by atoms with Crippen LogP contribution in [0.4, 0.5) is 27.6 Å². The smallest absolute Gasteiger partial charge is 0.243 e. The van der Waals surface area contributed by atoms with Crippen LogP contribution < -0.4 is 16.0 Å². The molecule has 4 N–H and O–H groups in total. The molecule has 0 aliphatic carbocycles. The van der Waals surface area contributed by atoms with Crippen molar-refractivity contribution >= 4 is 21.6 Å². The van der Waals surface area contributed by atoms with E-state index >= 15 is 4.39 Å². The number of methoxy groups -OCH3 is 1. The maximum Gasteiger partial charge on any atom is 0.243 e. The fourth-order valence-corrected chi connectivity index (χ4v) is 7.79. The molecule has 0 aromatic heterocycles. The molecule has 5 rings (SSSR count). The van der Waals surface area contributed by atoms with Gasteiger partial charge in [0.1, 0.15) is 35.1 Å². The van der Waals surface area contributed by atoms with Crippen molar-refractivity contribution in [1.82, 2.24) is 14.9 Å². The highest BCUT2D eigenvalue weighted by molar-refractivity contribution is 7.89. The first-order valence-corrected chi connectivity index (χ1v) is 17.1. The Kier molecular flexibility index (Phi) is 12.0. The van der Waals surface area contributed by atoms with Crippen molar-refractivity contribution in [2.45, 2.75) is 42.2 Å². The third-order valence-electron chi connectivity index (χ3n) is 8.40. The standard InChI is InChI=1S/C35H35F5N4O5S/c1-49-35(46)43-33(32(21-14-23(36)18-24(37)15-21)22-16-25(38)19-26(39)17-22)34(45)42-31-9-5-8-30(40)29(31)11-10-27-20-41-12-13-44(27)50(47,48)28-6-3-2-4-7-28/h2-9,14-19,27,32-33,35,41,43,46H,10-13,20H2,1H3,(H,42,45)/t27-,33-,35?/m0/s1. The van der Waals surface area contributed by atoms with Gasteiger partial charge in [-0.1, -0.05) is 24.3 Å². The lowest BCUT2D eigenvalue weighted by Crippen LogP contribution is -2.53. The Morgan fingerprint density at radius 2 is 1.52 bits per heavy atom. The summed E-state index contributed by atoms with van der Waals surface area (Å²) in [4.78, 5) is 14.2. The third kappa shape index (κ3) is 8.72. The lowest BCUT2D eigenvalue weighted by Gasteiger charge is -2.35. The van der Waals surface area contributed by atoms with E-state index in [4.69, 9.17) is 4.74 Å². The summed E-state index contributed by atoms with van der Waals surface area (Å²) in [7, 11) is -2.78. The van der Waals surface area contributed by atoms with Gasteiger partial charge in [0.15, 0.2) is 0 Å². The van der Waals surface area contributed by atoms with E-state index in [1.807, 2.05) is 0 Å². The van der Waals surface area contributed by atoms with Crippen molar-refractivity contribution in [1.29, 1.82) is 0 Å². The Morgan fingerprint density at radius 1 is 0.920 bits per heavy atom. The molecule has 0 radical (unpaired) electrons. The molecule has 1 aliphatic rings. The number of aliphatic hydroxyl groups excluding tert-OH is 1. The Morgan fingerprint density at radius 3 is 2.10 bits per heavy atom. The van der Waals surface area contributed by atoms with Crippen LogP contribution in [0.3, 0.4) is 0 Å². The topological polar surface area (TPSA) is 120 Å². The first-order chi connectivity index (χ1) is 23.9. The SMILES string of the molecule is COC(O)N[C@H](C(=O)Nc1cccc(F)c1CC[C@H]1CNCCN1S(=O)(=O)c1ccccc1)C(c1cc(F)cc(F)c1)c1cc(F)cc(F)c1. The van der Waals surface area contributed by atoms with E-state index in [2.05, 4.69) is 16.0 Å². The summed E-state index contributed by atoms with van der Waals surface area (Å²) in [5.41, 5.74) is -0.427.